The minimum Gasteiger partial charge on any atom is -0.366 e. The van der Waals surface area contributed by atoms with Crippen LogP contribution in [-0.4, -0.2) is 15.5 Å². The number of hydrogen-bond donors (Lipinski definition) is 1. The van der Waals surface area contributed by atoms with Gasteiger partial charge in [-0.2, -0.15) is 0 Å². The second-order valence-electron chi connectivity index (χ2n) is 6.97. The van der Waals surface area contributed by atoms with Crippen molar-refractivity contribution >= 4 is 5.91 Å². The Morgan fingerprint density at radius 3 is 2.48 bits per heavy atom. The van der Waals surface area contributed by atoms with Crippen LogP contribution in [0.3, 0.4) is 0 Å². The number of unbranched alkanes of at least 4 members (excludes halogenated alkanes) is 1. The molecule has 0 aliphatic rings. The highest BCUT2D eigenvalue weighted by atomic mass is 16.1. The Labute approximate surface area is 161 Å². The van der Waals surface area contributed by atoms with Crippen molar-refractivity contribution in [1.82, 2.24) is 9.55 Å². The van der Waals surface area contributed by atoms with Crippen molar-refractivity contribution in [2.24, 2.45) is 5.73 Å². The van der Waals surface area contributed by atoms with Gasteiger partial charge in [0.25, 0.3) is 5.91 Å². The number of aryl methyl sites for hydroxylation is 1. The molecule has 0 bridgehead atoms. The molecule has 0 spiro atoms. The van der Waals surface area contributed by atoms with Gasteiger partial charge in [-0.15, -0.1) is 0 Å². The smallest absolute Gasteiger partial charge is 0.251 e. The Balaban J connectivity index is 2.25. The van der Waals surface area contributed by atoms with E-state index in [2.05, 4.69) is 35.5 Å². The minimum atomic E-state index is -0.372. The summed E-state index contributed by atoms with van der Waals surface area (Å²) in [5.74, 6) is -0.372. The first kappa shape index (κ1) is 18.9. The van der Waals surface area contributed by atoms with Crippen LogP contribution in [0.1, 0.15) is 52.8 Å². The summed E-state index contributed by atoms with van der Waals surface area (Å²) in [5.41, 5.74) is 12.7. The number of aromatic nitrogens is 2. The van der Waals surface area contributed by atoms with E-state index in [4.69, 9.17) is 5.73 Å². The van der Waals surface area contributed by atoms with Gasteiger partial charge in [-0.1, -0.05) is 43.7 Å². The van der Waals surface area contributed by atoms with Gasteiger partial charge in [0.05, 0.1) is 17.8 Å². The summed E-state index contributed by atoms with van der Waals surface area (Å²) in [7, 11) is 0. The van der Waals surface area contributed by atoms with Crippen molar-refractivity contribution in [1.29, 1.82) is 0 Å². The quantitative estimate of drug-likeness (QED) is 0.665. The summed E-state index contributed by atoms with van der Waals surface area (Å²) < 4.78 is 2.22. The Hall–Kier alpha value is -2.88. The van der Waals surface area contributed by atoms with E-state index in [9.17, 15) is 4.79 Å². The lowest BCUT2D eigenvalue weighted by molar-refractivity contribution is 0.1000. The van der Waals surface area contributed by atoms with E-state index in [-0.39, 0.29) is 5.91 Å². The lowest BCUT2D eigenvalue weighted by Crippen LogP contribution is -2.14. The normalized spacial score (nSPS) is 10.9. The number of pyridine rings is 1. The molecule has 1 aromatic carbocycles. The van der Waals surface area contributed by atoms with Gasteiger partial charge in [0, 0.05) is 23.1 Å². The van der Waals surface area contributed by atoms with Gasteiger partial charge in [-0.3, -0.25) is 9.78 Å². The van der Waals surface area contributed by atoms with Gasteiger partial charge < -0.3 is 10.3 Å². The first-order valence-corrected chi connectivity index (χ1v) is 9.52. The summed E-state index contributed by atoms with van der Waals surface area (Å²) in [6, 6.07) is 14.1. The van der Waals surface area contributed by atoms with Crippen LogP contribution < -0.4 is 5.73 Å². The van der Waals surface area contributed by atoms with E-state index in [1.807, 2.05) is 37.3 Å². The van der Waals surface area contributed by atoms with Crippen LogP contribution in [0.25, 0.3) is 11.1 Å². The third kappa shape index (κ3) is 3.80. The largest absolute Gasteiger partial charge is 0.366 e. The maximum Gasteiger partial charge on any atom is 0.251 e. The van der Waals surface area contributed by atoms with Crippen molar-refractivity contribution in [3.8, 4) is 11.1 Å². The Morgan fingerprint density at radius 1 is 1.11 bits per heavy atom. The fourth-order valence-electron chi connectivity index (χ4n) is 3.71. The molecule has 0 fully saturated rings. The zero-order valence-electron chi connectivity index (χ0n) is 16.3. The number of nitrogens with two attached hydrogens (primary N) is 1. The molecule has 2 N–H and O–H groups in total. The summed E-state index contributed by atoms with van der Waals surface area (Å²) >= 11 is 0. The number of benzene rings is 1. The van der Waals surface area contributed by atoms with Crippen LogP contribution in [0, 0.1) is 13.8 Å². The van der Waals surface area contributed by atoms with Gasteiger partial charge in [-0.05, 0) is 49.9 Å². The second kappa shape index (κ2) is 8.21. The van der Waals surface area contributed by atoms with Gasteiger partial charge in [0.2, 0.25) is 0 Å². The number of amides is 1. The van der Waals surface area contributed by atoms with Crippen molar-refractivity contribution < 1.29 is 4.79 Å². The second-order valence-corrected chi connectivity index (χ2v) is 6.97. The predicted octanol–water partition coefficient (Wildman–Crippen LogP) is 4.66. The maximum absolute atomic E-state index is 12.4. The Morgan fingerprint density at radius 2 is 1.85 bits per heavy atom. The number of hydrogen-bond acceptors (Lipinski definition) is 2. The minimum absolute atomic E-state index is 0.372. The van der Waals surface area contributed by atoms with Crippen LogP contribution in [-0.2, 0) is 13.0 Å². The average molecular weight is 361 g/mol. The molecular formula is C23H27N3O. The van der Waals surface area contributed by atoms with E-state index in [1.54, 1.807) is 6.20 Å². The van der Waals surface area contributed by atoms with Gasteiger partial charge in [-0.25, -0.2) is 0 Å². The fourth-order valence-corrected chi connectivity index (χ4v) is 3.71. The third-order valence-corrected chi connectivity index (χ3v) is 5.11. The van der Waals surface area contributed by atoms with Crippen molar-refractivity contribution in [2.45, 2.75) is 46.6 Å². The highest BCUT2D eigenvalue weighted by Crippen LogP contribution is 2.35. The molecule has 1 amide bonds. The topological polar surface area (TPSA) is 60.9 Å². The van der Waals surface area contributed by atoms with Crippen LogP contribution in [0.2, 0.25) is 0 Å². The summed E-state index contributed by atoms with van der Waals surface area (Å²) in [5, 5.41) is 0. The molecule has 4 nitrogen and oxygen atoms in total. The molecule has 3 aromatic rings. The molecule has 0 aliphatic heterocycles. The Kier molecular flexibility index (Phi) is 5.75. The first-order valence-electron chi connectivity index (χ1n) is 9.52. The number of carbonyl (C=O) groups excluding carboxylic acids is 1. The van der Waals surface area contributed by atoms with Crippen LogP contribution in [0.5, 0.6) is 0 Å². The highest BCUT2D eigenvalue weighted by Gasteiger charge is 2.25. The van der Waals surface area contributed by atoms with E-state index >= 15 is 0 Å². The molecule has 2 aromatic heterocycles. The molecule has 0 saturated heterocycles. The van der Waals surface area contributed by atoms with Crippen LogP contribution in [0.4, 0.5) is 0 Å². The van der Waals surface area contributed by atoms with Gasteiger partial charge in [0.15, 0.2) is 0 Å². The number of primary amides is 1. The number of carbonyl (C=O) groups is 1. The maximum atomic E-state index is 12.4. The van der Waals surface area contributed by atoms with Crippen molar-refractivity contribution in [2.75, 3.05) is 0 Å². The molecule has 2 heterocycles. The lowest BCUT2D eigenvalue weighted by Gasteiger charge is -2.14. The predicted molar refractivity (Wildman–Crippen MR) is 110 cm³/mol. The average Bonchev–Trinajstić information content (AvgIpc) is 2.93. The standard InChI is InChI=1S/C23H27N3O/c1-4-5-13-20-22(19-12-7-6-10-16(19)2)21(23(24)27)17(3)26(20)15-18-11-8-9-14-25-18/h6-12,14H,4-5,13,15H2,1-3H3,(H2,24,27). The van der Waals surface area contributed by atoms with Crippen molar-refractivity contribution in [3.63, 3.8) is 0 Å². The van der Waals surface area contributed by atoms with E-state index in [1.165, 1.54) is 5.69 Å². The van der Waals surface area contributed by atoms with Gasteiger partial charge >= 0.3 is 0 Å². The monoisotopic (exact) mass is 361 g/mol. The van der Waals surface area contributed by atoms with E-state index < -0.39 is 0 Å². The zero-order chi connectivity index (χ0) is 19.4. The molecule has 0 unspecified atom stereocenters. The molecule has 0 radical (unpaired) electrons. The molecule has 0 saturated carbocycles. The third-order valence-electron chi connectivity index (χ3n) is 5.11. The molecule has 27 heavy (non-hydrogen) atoms. The first-order chi connectivity index (χ1) is 13.0. The van der Waals surface area contributed by atoms with Crippen LogP contribution in [0.15, 0.2) is 48.7 Å². The zero-order valence-corrected chi connectivity index (χ0v) is 16.3. The highest BCUT2D eigenvalue weighted by molar-refractivity contribution is 6.02. The van der Waals surface area contributed by atoms with Gasteiger partial charge in [0.1, 0.15) is 0 Å². The van der Waals surface area contributed by atoms with Crippen molar-refractivity contribution in [3.05, 3.63) is 76.9 Å². The summed E-state index contributed by atoms with van der Waals surface area (Å²) in [4.78, 5) is 16.9. The molecule has 140 valence electrons. The Bertz CT molecular complexity index is 942. The molecule has 3 rings (SSSR count). The summed E-state index contributed by atoms with van der Waals surface area (Å²) in [6.07, 6.45) is 4.86. The van der Waals surface area contributed by atoms with E-state index in [0.29, 0.717) is 12.1 Å². The summed E-state index contributed by atoms with van der Waals surface area (Å²) in [6.45, 7) is 6.88. The lowest BCUT2D eigenvalue weighted by atomic mass is 9.94. The number of rotatable bonds is 7. The molecule has 4 heteroatoms. The SMILES string of the molecule is CCCCc1c(-c2ccccc2C)c(C(N)=O)c(C)n1Cc1ccccn1. The molecular weight excluding hydrogens is 334 g/mol. The number of nitrogens with zero attached hydrogens (tertiary/aromatic N) is 2. The molecule has 0 aliphatic carbocycles. The van der Waals surface area contributed by atoms with Crippen LogP contribution >= 0.6 is 0 Å². The van der Waals surface area contributed by atoms with E-state index in [0.717, 1.165) is 47.3 Å². The fraction of sp³-hybridized carbons (Fsp3) is 0.304. The molecule has 0 atom stereocenters.